The molecular formula is C15H27N3O5. The van der Waals surface area contributed by atoms with Crippen LogP contribution in [0.4, 0.5) is 0 Å². The predicted molar refractivity (Wildman–Crippen MR) is 84.9 cm³/mol. The molecule has 0 aromatic carbocycles. The normalized spacial score (nSPS) is 13.0. The first-order chi connectivity index (χ1) is 10.8. The fourth-order valence-corrected chi connectivity index (χ4v) is 2.00. The van der Waals surface area contributed by atoms with E-state index in [1.165, 1.54) is 0 Å². The van der Waals surface area contributed by atoms with Gasteiger partial charge < -0.3 is 21.1 Å². The molecule has 0 rings (SSSR count). The van der Waals surface area contributed by atoms with E-state index in [-0.39, 0.29) is 24.7 Å². The lowest BCUT2D eigenvalue weighted by atomic mass is 10.1. The number of carboxylic acid groups (broad SMARTS) is 1. The van der Waals surface area contributed by atoms with Crippen molar-refractivity contribution in [2.75, 3.05) is 13.1 Å². The molecule has 0 radical (unpaired) electrons. The highest BCUT2D eigenvalue weighted by Crippen LogP contribution is 2.01. The monoisotopic (exact) mass is 329 g/mol. The first kappa shape index (κ1) is 21.0. The number of carbonyl (C=O) groups excluding carboxylic acids is 3. The Balaban J connectivity index is 4.26. The van der Waals surface area contributed by atoms with Crippen LogP contribution in [0.3, 0.4) is 0 Å². The van der Waals surface area contributed by atoms with Crippen LogP contribution in [0, 0.1) is 0 Å². The molecular weight excluding hydrogens is 302 g/mol. The fraction of sp³-hybridized carbons (Fsp3) is 0.733. The minimum atomic E-state index is -0.908. The summed E-state index contributed by atoms with van der Waals surface area (Å²) in [7, 11) is 0. The van der Waals surface area contributed by atoms with Crippen molar-refractivity contribution in [3.63, 3.8) is 0 Å². The maximum Gasteiger partial charge on any atom is 0.303 e. The van der Waals surface area contributed by atoms with Crippen LogP contribution in [0.15, 0.2) is 0 Å². The number of amides is 2. The van der Waals surface area contributed by atoms with Gasteiger partial charge in [0.15, 0.2) is 5.78 Å². The second-order valence-corrected chi connectivity index (χ2v) is 5.22. The molecule has 23 heavy (non-hydrogen) atoms. The summed E-state index contributed by atoms with van der Waals surface area (Å²) in [6.45, 7) is 5.48. The van der Waals surface area contributed by atoms with E-state index in [2.05, 4.69) is 16.0 Å². The lowest BCUT2D eigenvalue weighted by molar-refractivity contribution is -0.137. The van der Waals surface area contributed by atoms with Crippen molar-refractivity contribution in [2.45, 2.75) is 58.5 Å². The topological polar surface area (TPSA) is 125 Å². The summed E-state index contributed by atoms with van der Waals surface area (Å²) < 4.78 is 0. The van der Waals surface area contributed by atoms with Crippen LogP contribution >= 0.6 is 0 Å². The number of aliphatic carboxylic acids is 1. The number of hydrogen-bond donors (Lipinski definition) is 4. The zero-order valence-electron chi connectivity index (χ0n) is 14.0. The molecule has 0 aliphatic heterocycles. The lowest BCUT2D eigenvalue weighted by Crippen LogP contribution is -2.49. The van der Waals surface area contributed by atoms with Gasteiger partial charge in [-0.2, -0.15) is 0 Å². The molecule has 8 nitrogen and oxygen atoms in total. The molecule has 0 aromatic heterocycles. The highest BCUT2D eigenvalue weighted by atomic mass is 16.4. The van der Waals surface area contributed by atoms with Crippen molar-refractivity contribution in [1.29, 1.82) is 0 Å². The molecule has 0 aliphatic carbocycles. The molecule has 8 heteroatoms. The van der Waals surface area contributed by atoms with Gasteiger partial charge in [0, 0.05) is 12.8 Å². The van der Waals surface area contributed by atoms with E-state index in [1.807, 2.05) is 6.92 Å². The van der Waals surface area contributed by atoms with Gasteiger partial charge in [0.05, 0.1) is 18.6 Å². The molecule has 0 heterocycles. The summed E-state index contributed by atoms with van der Waals surface area (Å²) in [6, 6.07) is -1.12. The Labute approximate surface area is 136 Å². The highest BCUT2D eigenvalue weighted by molar-refractivity contribution is 5.91. The van der Waals surface area contributed by atoms with E-state index in [0.29, 0.717) is 25.8 Å². The van der Waals surface area contributed by atoms with E-state index in [1.54, 1.807) is 13.8 Å². The van der Waals surface area contributed by atoms with Crippen molar-refractivity contribution in [3.8, 4) is 0 Å². The Bertz CT molecular complexity index is 425. The van der Waals surface area contributed by atoms with Gasteiger partial charge in [-0.3, -0.25) is 19.2 Å². The number of nitrogens with one attached hydrogen (secondary N) is 3. The lowest BCUT2D eigenvalue weighted by Gasteiger charge is -2.18. The predicted octanol–water partition coefficient (Wildman–Crippen LogP) is -0.181. The maximum absolute atomic E-state index is 12.0. The van der Waals surface area contributed by atoms with Gasteiger partial charge in [0.1, 0.15) is 0 Å². The van der Waals surface area contributed by atoms with Crippen LogP contribution in [0.5, 0.6) is 0 Å². The average Bonchev–Trinajstić information content (AvgIpc) is 2.50. The van der Waals surface area contributed by atoms with Crippen molar-refractivity contribution < 1.29 is 24.3 Å². The van der Waals surface area contributed by atoms with Crippen LogP contribution < -0.4 is 16.0 Å². The number of rotatable bonds is 12. The molecule has 0 fully saturated rings. The maximum atomic E-state index is 12.0. The Morgan fingerprint density at radius 1 is 1.13 bits per heavy atom. The minimum absolute atomic E-state index is 0.00763. The summed E-state index contributed by atoms with van der Waals surface area (Å²) in [5.41, 5.74) is 0. The summed E-state index contributed by atoms with van der Waals surface area (Å²) >= 11 is 0. The van der Waals surface area contributed by atoms with Crippen LogP contribution in [-0.4, -0.2) is 53.8 Å². The smallest absolute Gasteiger partial charge is 0.303 e. The quantitative estimate of drug-likeness (QED) is 0.394. The second-order valence-electron chi connectivity index (χ2n) is 5.22. The van der Waals surface area contributed by atoms with Crippen molar-refractivity contribution in [3.05, 3.63) is 0 Å². The van der Waals surface area contributed by atoms with Crippen LogP contribution in [0.25, 0.3) is 0 Å². The molecule has 132 valence electrons. The molecule has 2 atom stereocenters. The first-order valence-corrected chi connectivity index (χ1v) is 7.86. The number of Topliss-reactive ketones (excluding diaryl/α,β-unsaturated/α-hetero) is 1. The standard InChI is InChI=1S/C15H27N3O5/c1-4-12(19)10(3)18-13(20)9-17-15(23)11(16-5-2)7-6-8-14(21)22/h10-11,16H,4-9H2,1-3H3,(H,17,23)(H,18,20)(H,21,22)/t10-,11-/m1/s1. The third-order valence-corrected chi connectivity index (χ3v) is 3.28. The van der Waals surface area contributed by atoms with Crippen molar-refractivity contribution in [1.82, 2.24) is 16.0 Å². The number of carbonyl (C=O) groups is 4. The van der Waals surface area contributed by atoms with Crippen molar-refractivity contribution in [2.24, 2.45) is 0 Å². The summed E-state index contributed by atoms with van der Waals surface area (Å²) in [5.74, 6) is -1.78. The number of ketones is 1. The largest absolute Gasteiger partial charge is 0.481 e. The van der Waals surface area contributed by atoms with Crippen LogP contribution in [-0.2, 0) is 19.2 Å². The van der Waals surface area contributed by atoms with Gasteiger partial charge >= 0.3 is 5.97 Å². The molecule has 0 aliphatic rings. The van der Waals surface area contributed by atoms with E-state index >= 15 is 0 Å². The second kappa shape index (κ2) is 11.6. The zero-order chi connectivity index (χ0) is 17.8. The summed E-state index contributed by atoms with van der Waals surface area (Å²) in [6.07, 6.45) is 1.07. The molecule has 0 aromatic rings. The van der Waals surface area contributed by atoms with E-state index < -0.39 is 24.0 Å². The van der Waals surface area contributed by atoms with Crippen LogP contribution in [0.1, 0.15) is 46.5 Å². The Kier molecular flexibility index (Phi) is 10.6. The van der Waals surface area contributed by atoms with Crippen LogP contribution in [0.2, 0.25) is 0 Å². The van der Waals surface area contributed by atoms with Gasteiger partial charge in [0.25, 0.3) is 0 Å². The van der Waals surface area contributed by atoms with E-state index in [0.717, 1.165) is 0 Å². The first-order valence-electron chi connectivity index (χ1n) is 7.86. The minimum Gasteiger partial charge on any atom is -0.481 e. The molecule has 4 N–H and O–H groups in total. The fourth-order valence-electron chi connectivity index (χ4n) is 2.00. The van der Waals surface area contributed by atoms with Gasteiger partial charge in [-0.15, -0.1) is 0 Å². The highest BCUT2D eigenvalue weighted by Gasteiger charge is 2.19. The molecule has 2 amide bonds. The number of likely N-dealkylation sites (N-methyl/N-ethyl adjacent to an activating group) is 1. The molecule has 0 saturated carbocycles. The SMILES string of the molecule is CCN[C@H](CCCC(=O)O)C(=O)NCC(=O)N[C@H](C)C(=O)CC. The Hall–Kier alpha value is -1.96. The summed E-state index contributed by atoms with van der Waals surface area (Å²) in [4.78, 5) is 45.6. The van der Waals surface area contributed by atoms with Gasteiger partial charge in [0.2, 0.25) is 11.8 Å². The average molecular weight is 329 g/mol. The van der Waals surface area contributed by atoms with Gasteiger partial charge in [-0.25, -0.2) is 0 Å². The van der Waals surface area contributed by atoms with E-state index in [9.17, 15) is 19.2 Å². The van der Waals surface area contributed by atoms with Gasteiger partial charge in [-0.05, 0) is 26.3 Å². The Morgan fingerprint density at radius 2 is 1.78 bits per heavy atom. The third-order valence-electron chi connectivity index (χ3n) is 3.28. The molecule has 0 saturated heterocycles. The molecule has 0 bridgehead atoms. The molecule has 0 spiro atoms. The Morgan fingerprint density at radius 3 is 2.30 bits per heavy atom. The number of carboxylic acids is 1. The summed E-state index contributed by atoms with van der Waals surface area (Å²) in [5, 5.41) is 16.6. The van der Waals surface area contributed by atoms with Gasteiger partial charge in [-0.1, -0.05) is 13.8 Å². The van der Waals surface area contributed by atoms with Crippen molar-refractivity contribution >= 4 is 23.6 Å². The third kappa shape index (κ3) is 9.62. The zero-order valence-corrected chi connectivity index (χ0v) is 14.0. The molecule has 0 unspecified atom stereocenters. The van der Waals surface area contributed by atoms with E-state index in [4.69, 9.17) is 5.11 Å². The number of hydrogen-bond acceptors (Lipinski definition) is 5.